The average Bonchev–Trinajstić information content (AvgIpc) is 2.89. The van der Waals surface area contributed by atoms with Crippen LogP contribution in [-0.2, 0) is 30.3 Å². The van der Waals surface area contributed by atoms with Crippen LogP contribution in [0.3, 0.4) is 0 Å². The highest BCUT2D eigenvalue weighted by molar-refractivity contribution is 5.80. The van der Waals surface area contributed by atoms with Crippen LogP contribution in [0.1, 0.15) is 91.5 Å². The van der Waals surface area contributed by atoms with Crippen molar-refractivity contribution in [1.82, 2.24) is 0 Å². The molecule has 1 aliphatic rings. The van der Waals surface area contributed by atoms with Gasteiger partial charge in [0, 0.05) is 12.8 Å². The zero-order valence-corrected chi connectivity index (χ0v) is 23.7. The summed E-state index contributed by atoms with van der Waals surface area (Å²) >= 11 is 0. The molecule has 1 aromatic carbocycles. The SMILES string of the molecule is CCC(C)C(=O)Oc1ccc(CC(N)(C[C@H](C)OC(=O)OC2CCCCC2)C(=O)O)cc1OC(=O)C(C)CC. The molecular formula is C29H43NO9. The monoisotopic (exact) mass is 549 g/mol. The van der Waals surface area contributed by atoms with Crippen molar-refractivity contribution in [2.24, 2.45) is 17.6 Å². The Morgan fingerprint density at radius 3 is 2.05 bits per heavy atom. The lowest BCUT2D eigenvalue weighted by molar-refractivity contribution is -0.145. The van der Waals surface area contributed by atoms with E-state index in [0.717, 1.165) is 32.1 Å². The summed E-state index contributed by atoms with van der Waals surface area (Å²) in [7, 11) is 0. The Morgan fingerprint density at radius 1 is 0.949 bits per heavy atom. The molecule has 0 amide bonds. The highest BCUT2D eigenvalue weighted by Gasteiger charge is 2.37. The molecule has 2 rings (SSSR count). The summed E-state index contributed by atoms with van der Waals surface area (Å²) in [6.45, 7) is 8.70. The maximum atomic E-state index is 12.5. The topological polar surface area (TPSA) is 151 Å². The quantitative estimate of drug-likeness (QED) is 0.249. The number of hydrogen-bond donors (Lipinski definition) is 2. The summed E-state index contributed by atoms with van der Waals surface area (Å²) < 4.78 is 21.7. The molecule has 0 aliphatic heterocycles. The van der Waals surface area contributed by atoms with Crippen LogP contribution in [-0.4, -0.2) is 46.9 Å². The van der Waals surface area contributed by atoms with Crippen molar-refractivity contribution in [1.29, 1.82) is 0 Å². The van der Waals surface area contributed by atoms with Crippen LogP contribution in [0.15, 0.2) is 18.2 Å². The first kappa shape index (κ1) is 32.1. The summed E-state index contributed by atoms with van der Waals surface area (Å²) in [6.07, 6.45) is 3.56. The van der Waals surface area contributed by atoms with Crippen LogP contribution in [0.4, 0.5) is 4.79 Å². The Balaban J connectivity index is 2.20. The van der Waals surface area contributed by atoms with E-state index in [-0.39, 0.29) is 36.4 Å². The van der Waals surface area contributed by atoms with Crippen LogP contribution < -0.4 is 15.2 Å². The predicted molar refractivity (Wildman–Crippen MR) is 143 cm³/mol. The van der Waals surface area contributed by atoms with Crippen molar-refractivity contribution >= 4 is 24.1 Å². The van der Waals surface area contributed by atoms with E-state index < -0.39 is 41.6 Å². The van der Waals surface area contributed by atoms with Gasteiger partial charge in [0.15, 0.2) is 11.5 Å². The Hall–Kier alpha value is -3.14. The van der Waals surface area contributed by atoms with Crippen LogP contribution in [0, 0.1) is 11.8 Å². The number of hydrogen-bond acceptors (Lipinski definition) is 9. The Bertz CT molecular complexity index is 1000. The molecule has 0 saturated heterocycles. The number of aliphatic carboxylic acids is 1. The molecule has 218 valence electrons. The van der Waals surface area contributed by atoms with E-state index in [1.54, 1.807) is 26.8 Å². The third kappa shape index (κ3) is 9.84. The molecular weight excluding hydrogens is 506 g/mol. The number of nitrogens with two attached hydrogens (primary N) is 1. The standard InChI is InChI=1S/C29H43NO9/c1-6-18(3)25(31)38-23-14-13-21(15-24(23)39-26(32)19(4)7-2)17-29(30,27(33)34)16-20(5)36-28(35)37-22-11-9-8-10-12-22/h13-15,18-20,22H,6-12,16-17,30H2,1-5H3,(H,33,34)/t18?,19?,20-,29?/m0/s1. The number of benzene rings is 1. The maximum absolute atomic E-state index is 12.5. The largest absolute Gasteiger partial charge is 0.508 e. The Morgan fingerprint density at radius 2 is 1.51 bits per heavy atom. The number of rotatable bonds is 13. The number of esters is 2. The summed E-state index contributed by atoms with van der Waals surface area (Å²) in [5.74, 6) is -2.97. The van der Waals surface area contributed by atoms with Crippen molar-refractivity contribution < 1.29 is 43.2 Å². The van der Waals surface area contributed by atoms with E-state index in [0.29, 0.717) is 18.4 Å². The summed E-state index contributed by atoms with van der Waals surface area (Å²) in [5.41, 5.74) is 4.94. The molecule has 39 heavy (non-hydrogen) atoms. The van der Waals surface area contributed by atoms with E-state index >= 15 is 0 Å². The first-order valence-electron chi connectivity index (χ1n) is 13.8. The van der Waals surface area contributed by atoms with E-state index in [1.807, 2.05) is 13.8 Å². The number of carboxylic acid groups (broad SMARTS) is 1. The lowest BCUT2D eigenvalue weighted by Gasteiger charge is -2.28. The minimum absolute atomic E-state index is 0.00236. The van der Waals surface area contributed by atoms with E-state index in [1.165, 1.54) is 12.1 Å². The highest BCUT2D eigenvalue weighted by Crippen LogP contribution is 2.32. The van der Waals surface area contributed by atoms with Gasteiger partial charge in [-0.05, 0) is 63.1 Å². The predicted octanol–water partition coefficient (Wildman–Crippen LogP) is 5.18. The smallest absolute Gasteiger partial charge is 0.480 e. The second-order valence-corrected chi connectivity index (χ2v) is 10.6. The summed E-state index contributed by atoms with van der Waals surface area (Å²) in [5, 5.41) is 9.97. The van der Waals surface area contributed by atoms with E-state index in [9.17, 15) is 24.3 Å². The molecule has 1 saturated carbocycles. The molecule has 0 spiro atoms. The van der Waals surface area contributed by atoms with Crippen molar-refractivity contribution in [2.45, 2.75) is 110 Å². The Labute approximate surface area is 230 Å². The average molecular weight is 550 g/mol. The Kier molecular flexibility index (Phi) is 12.2. The molecule has 0 aromatic heterocycles. The van der Waals surface area contributed by atoms with Crippen LogP contribution >= 0.6 is 0 Å². The van der Waals surface area contributed by atoms with Crippen LogP contribution in [0.25, 0.3) is 0 Å². The van der Waals surface area contributed by atoms with Gasteiger partial charge in [0.05, 0.1) is 11.8 Å². The van der Waals surface area contributed by atoms with E-state index in [4.69, 9.17) is 24.7 Å². The second-order valence-electron chi connectivity index (χ2n) is 10.6. The molecule has 3 unspecified atom stereocenters. The first-order valence-corrected chi connectivity index (χ1v) is 13.8. The molecule has 1 fully saturated rings. The van der Waals surface area contributed by atoms with Gasteiger partial charge in [0.25, 0.3) is 0 Å². The van der Waals surface area contributed by atoms with Gasteiger partial charge in [0.1, 0.15) is 17.7 Å². The van der Waals surface area contributed by atoms with Crippen molar-refractivity contribution in [3.05, 3.63) is 23.8 Å². The number of carboxylic acids is 1. The van der Waals surface area contributed by atoms with Gasteiger partial charge in [-0.2, -0.15) is 0 Å². The first-order chi connectivity index (χ1) is 18.4. The molecule has 1 aliphatic carbocycles. The fourth-order valence-electron chi connectivity index (χ4n) is 4.24. The number of carbonyl (C=O) groups excluding carboxylic acids is 3. The third-order valence-electron chi connectivity index (χ3n) is 7.17. The highest BCUT2D eigenvalue weighted by atomic mass is 16.7. The zero-order valence-electron chi connectivity index (χ0n) is 23.7. The fraction of sp³-hybridized carbons (Fsp3) is 0.655. The lowest BCUT2D eigenvalue weighted by Crippen LogP contribution is -2.52. The lowest BCUT2D eigenvalue weighted by atomic mass is 9.86. The molecule has 0 radical (unpaired) electrons. The van der Waals surface area contributed by atoms with Gasteiger partial charge in [-0.3, -0.25) is 14.4 Å². The third-order valence-corrected chi connectivity index (χ3v) is 7.17. The normalized spacial score (nSPS) is 17.7. The molecule has 0 heterocycles. The van der Waals surface area contributed by atoms with Gasteiger partial charge in [-0.25, -0.2) is 4.79 Å². The molecule has 10 heteroatoms. The summed E-state index contributed by atoms with van der Waals surface area (Å²) in [6, 6.07) is 4.47. The minimum atomic E-state index is -1.81. The molecule has 0 bridgehead atoms. The van der Waals surface area contributed by atoms with Crippen LogP contribution in [0.5, 0.6) is 11.5 Å². The molecule has 10 nitrogen and oxygen atoms in total. The molecule has 3 N–H and O–H groups in total. The van der Waals surface area contributed by atoms with Crippen molar-refractivity contribution in [3.63, 3.8) is 0 Å². The number of ether oxygens (including phenoxy) is 4. The maximum Gasteiger partial charge on any atom is 0.508 e. The van der Waals surface area contributed by atoms with Gasteiger partial charge < -0.3 is 29.8 Å². The summed E-state index contributed by atoms with van der Waals surface area (Å²) in [4.78, 5) is 49.4. The fourth-order valence-corrected chi connectivity index (χ4v) is 4.24. The van der Waals surface area contributed by atoms with Gasteiger partial charge in [-0.1, -0.05) is 40.2 Å². The second kappa shape index (κ2) is 14.9. The minimum Gasteiger partial charge on any atom is -0.480 e. The molecule has 4 atom stereocenters. The zero-order chi connectivity index (χ0) is 29.2. The molecule has 1 aromatic rings. The number of carbonyl (C=O) groups is 4. The van der Waals surface area contributed by atoms with Crippen molar-refractivity contribution in [3.8, 4) is 11.5 Å². The van der Waals surface area contributed by atoms with Crippen LogP contribution in [0.2, 0.25) is 0 Å². The van der Waals surface area contributed by atoms with E-state index in [2.05, 4.69) is 0 Å². The van der Waals surface area contributed by atoms with Crippen molar-refractivity contribution in [2.75, 3.05) is 0 Å². The van der Waals surface area contributed by atoms with Gasteiger partial charge in [-0.15, -0.1) is 0 Å². The van der Waals surface area contributed by atoms with Gasteiger partial charge >= 0.3 is 24.1 Å². The van der Waals surface area contributed by atoms with Gasteiger partial charge in [0.2, 0.25) is 0 Å².